The van der Waals surface area contributed by atoms with Crippen molar-refractivity contribution < 1.29 is 0 Å². The summed E-state index contributed by atoms with van der Waals surface area (Å²) in [5, 5.41) is 0.341. The molecule has 1 aliphatic heterocycles. The van der Waals surface area contributed by atoms with Gasteiger partial charge in [-0.3, -0.25) is 0 Å². The fourth-order valence-corrected chi connectivity index (χ4v) is 1.82. The van der Waals surface area contributed by atoms with Crippen LogP contribution in [-0.2, 0) is 0 Å². The molecule has 0 radical (unpaired) electrons. The van der Waals surface area contributed by atoms with Crippen molar-refractivity contribution in [3.63, 3.8) is 0 Å². The van der Waals surface area contributed by atoms with Crippen molar-refractivity contribution in [2.45, 2.75) is 44.4 Å². The van der Waals surface area contributed by atoms with Crippen molar-refractivity contribution >= 4 is 11.6 Å². The van der Waals surface area contributed by atoms with Gasteiger partial charge in [-0.25, -0.2) is 0 Å². The average Bonchev–Trinajstić information content (AvgIpc) is 2.28. The molecule has 1 saturated heterocycles. The second-order valence-electron chi connectivity index (χ2n) is 3.83. The summed E-state index contributed by atoms with van der Waals surface area (Å²) in [5.74, 6) is 0. The molecule has 1 rings (SSSR count). The molecule has 1 heterocycles. The van der Waals surface area contributed by atoms with Gasteiger partial charge in [0.2, 0.25) is 0 Å². The van der Waals surface area contributed by atoms with Crippen LogP contribution in [0.25, 0.3) is 0 Å². The fraction of sp³-hybridized carbons (Fsp3) is 1.00. The van der Waals surface area contributed by atoms with Crippen LogP contribution in [0.3, 0.4) is 0 Å². The van der Waals surface area contributed by atoms with Crippen LogP contribution in [0.5, 0.6) is 0 Å². The summed E-state index contributed by atoms with van der Waals surface area (Å²) in [5.41, 5.74) is 0. The lowest BCUT2D eigenvalue weighted by Gasteiger charge is -2.19. The standard InChI is InChI=1S/C10H20ClN/c1-10(11)6-9-12-7-4-2-3-5-8-12/h10H,2-9H2,1H3. The highest BCUT2D eigenvalue weighted by Gasteiger charge is 2.08. The van der Waals surface area contributed by atoms with Crippen LogP contribution in [0.15, 0.2) is 0 Å². The summed E-state index contributed by atoms with van der Waals surface area (Å²) in [7, 11) is 0. The van der Waals surface area contributed by atoms with Gasteiger partial charge in [-0.05, 0) is 45.8 Å². The Morgan fingerprint density at radius 1 is 1.17 bits per heavy atom. The lowest BCUT2D eigenvalue weighted by molar-refractivity contribution is 0.281. The van der Waals surface area contributed by atoms with Crippen LogP contribution in [-0.4, -0.2) is 29.9 Å². The summed E-state index contributed by atoms with van der Waals surface area (Å²) >= 11 is 5.91. The van der Waals surface area contributed by atoms with Crippen LogP contribution in [0, 0.1) is 0 Å². The van der Waals surface area contributed by atoms with E-state index in [1.54, 1.807) is 0 Å². The Hall–Kier alpha value is 0.250. The normalized spacial score (nSPS) is 23.5. The molecule has 0 saturated carbocycles. The molecule has 0 aliphatic carbocycles. The van der Waals surface area contributed by atoms with Gasteiger partial charge in [-0.15, -0.1) is 11.6 Å². The number of nitrogens with zero attached hydrogens (tertiary/aromatic N) is 1. The van der Waals surface area contributed by atoms with Crippen LogP contribution >= 0.6 is 11.6 Å². The van der Waals surface area contributed by atoms with Gasteiger partial charge in [-0.2, -0.15) is 0 Å². The monoisotopic (exact) mass is 189 g/mol. The van der Waals surface area contributed by atoms with Gasteiger partial charge in [0.05, 0.1) is 0 Å². The second kappa shape index (κ2) is 5.82. The predicted octanol–water partition coefficient (Wildman–Crippen LogP) is 2.88. The van der Waals surface area contributed by atoms with Crippen LogP contribution in [0.4, 0.5) is 0 Å². The van der Waals surface area contributed by atoms with Crippen molar-refractivity contribution in [3.05, 3.63) is 0 Å². The Balaban J connectivity index is 2.12. The number of halogens is 1. The maximum Gasteiger partial charge on any atom is 0.0320 e. The highest BCUT2D eigenvalue weighted by Crippen LogP contribution is 2.11. The molecule has 0 aromatic heterocycles. The third-order valence-electron chi connectivity index (χ3n) is 2.54. The summed E-state index contributed by atoms with van der Waals surface area (Å²) in [6.45, 7) is 5.87. The zero-order chi connectivity index (χ0) is 8.81. The minimum absolute atomic E-state index is 0.341. The van der Waals surface area contributed by atoms with Gasteiger partial charge in [0.25, 0.3) is 0 Å². The van der Waals surface area contributed by atoms with E-state index in [0.717, 1.165) is 6.42 Å². The molecule has 0 aromatic rings. The molecule has 0 bridgehead atoms. The van der Waals surface area contributed by atoms with E-state index in [1.807, 2.05) is 0 Å². The summed E-state index contributed by atoms with van der Waals surface area (Å²) in [4.78, 5) is 2.56. The maximum atomic E-state index is 5.91. The quantitative estimate of drug-likeness (QED) is 0.618. The average molecular weight is 190 g/mol. The summed E-state index contributed by atoms with van der Waals surface area (Å²) < 4.78 is 0. The SMILES string of the molecule is CC(Cl)CCN1CCCCCC1. The molecular weight excluding hydrogens is 170 g/mol. The molecule has 12 heavy (non-hydrogen) atoms. The smallest absolute Gasteiger partial charge is 0.0320 e. The van der Waals surface area contributed by atoms with Gasteiger partial charge >= 0.3 is 0 Å². The van der Waals surface area contributed by atoms with Crippen molar-refractivity contribution in [2.75, 3.05) is 19.6 Å². The number of hydrogen-bond acceptors (Lipinski definition) is 1. The number of rotatable bonds is 3. The first kappa shape index (κ1) is 10.3. The fourth-order valence-electron chi connectivity index (χ4n) is 1.72. The number of hydrogen-bond donors (Lipinski definition) is 0. The molecule has 1 fully saturated rings. The minimum Gasteiger partial charge on any atom is -0.303 e. The zero-order valence-corrected chi connectivity index (χ0v) is 8.82. The molecule has 1 aliphatic rings. The van der Waals surface area contributed by atoms with Crippen LogP contribution < -0.4 is 0 Å². The third-order valence-corrected chi connectivity index (χ3v) is 2.76. The van der Waals surface area contributed by atoms with Gasteiger partial charge in [-0.1, -0.05) is 12.8 Å². The van der Waals surface area contributed by atoms with Crippen molar-refractivity contribution in [2.24, 2.45) is 0 Å². The summed E-state index contributed by atoms with van der Waals surface area (Å²) in [6.07, 6.45) is 6.76. The Morgan fingerprint density at radius 2 is 1.75 bits per heavy atom. The Bertz CT molecular complexity index is 106. The molecule has 0 aromatic carbocycles. The predicted molar refractivity (Wildman–Crippen MR) is 54.8 cm³/mol. The zero-order valence-electron chi connectivity index (χ0n) is 8.06. The second-order valence-corrected chi connectivity index (χ2v) is 4.57. The van der Waals surface area contributed by atoms with E-state index in [1.165, 1.54) is 45.3 Å². The van der Waals surface area contributed by atoms with E-state index in [4.69, 9.17) is 11.6 Å². The molecular formula is C10H20ClN. The highest BCUT2D eigenvalue weighted by atomic mass is 35.5. The largest absolute Gasteiger partial charge is 0.303 e. The van der Waals surface area contributed by atoms with Crippen LogP contribution in [0.1, 0.15) is 39.0 Å². The summed E-state index contributed by atoms with van der Waals surface area (Å²) in [6, 6.07) is 0. The first-order chi connectivity index (χ1) is 5.79. The van der Waals surface area contributed by atoms with Gasteiger partial charge in [0, 0.05) is 5.38 Å². The van der Waals surface area contributed by atoms with Gasteiger partial charge < -0.3 is 4.90 Å². The molecule has 1 atom stereocenters. The lowest BCUT2D eigenvalue weighted by Crippen LogP contribution is -2.26. The van der Waals surface area contributed by atoms with Crippen molar-refractivity contribution in [3.8, 4) is 0 Å². The van der Waals surface area contributed by atoms with E-state index < -0.39 is 0 Å². The van der Waals surface area contributed by atoms with Gasteiger partial charge in [0.15, 0.2) is 0 Å². The molecule has 1 unspecified atom stereocenters. The van der Waals surface area contributed by atoms with Crippen molar-refractivity contribution in [1.82, 2.24) is 4.90 Å². The van der Waals surface area contributed by atoms with E-state index in [9.17, 15) is 0 Å². The van der Waals surface area contributed by atoms with E-state index in [0.29, 0.717) is 5.38 Å². The Labute approximate surface area is 81.1 Å². The molecule has 2 heteroatoms. The number of alkyl halides is 1. The number of likely N-dealkylation sites (tertiary alicyclic amines) is 1. The molecule has 0 spiro atoms. The van der Waals surface area contributed by atoms with E-state index in [2.05, 4.69) is 11.8 Å². The molecule has 1 nitrogen and oxygen atoms in total. The van der Waals surface area contributed by atoms with E-state index in [-0.39, 0.29) is 0 Å². The molecule has 72 valence electrons. The lowest BCUT2D eigenvalue weighted by atomic mass is 10.2. The Morgan fingerprint density at radius 3 is 2.25 bits per heavy atom. The van der Waals surface area contributed by atoms with Gasteiger partial charge in [0.1, 0.15) is 0 Å². The highest BCUT2D eigenvalue weighted by molar-refractivity contribution is 6.20. The molecule has 0 amide bonds. The topological polar surface area (TPSA) is 3.24 Å². The Kier molecular flexibility index (Phi) is 5.01. The van der Waals surface area contributed by atoms with Crippen molar-refractivity contribution in [1.29, 1.82) is 0 Å². The first-order valence-corrected chi connectivity index (χ1v) is 5.59. The minimum atomic E-state index is 0.341. The van der Waals surface area contributed by atoms with E-state index >= 15 is 0 Å². The molecule has 0 N–H and O–H groups in total. The van der Waals surface area contributed by atoms with Crippen LogP contribution in [0.2, 0.25) is 0 Å². The maximum absolute atomic E-state index is 5.91. The third kappa shape index (κ3) is 4.32. The first-order valence-electron chi connectivity index (χ1n) is 5.15.